The van der Waals surface area contributed by atoms with Crippen LogP contribution in [0.15, 0.2) is 24.3 Å². The highest BCUT2D eigenvalue weighted by atomic mass is 35.5. The van der Waals surface area contributed by atoms with Gasteiger partial charge in [0.15, 0.2) is 0 Å². The first-order valence-electron chi connectivity index (χ1n) is 12.6. The fraction of sp³-hybridized carbons (Fsp3) is 0.654. The number of carbonyl (C=O) groups excluding carboxylic acids is 3. The number of carbonyl (C=O) groups is 3. The summed E-state index contributed by atoms with van der Waals surface area (Å²) in [4.78, 5) is 41.9. The molecule has 2 heterocycles. The van der Waals surface area contributed by atoms with Crippen LogP contribution in [0.4, 0.5) is 4.39 Å². The zero-order chi connectivity index (χ0) is 26.0. The lowest BCUT2D eigenvalue weighted by molar-refractivity contribution is -0.144. The third-order valence-electron chi connectivity index (χ3n) is 7.58. The number of thioether (sulfide) groups is 1. The minimum absolute atomic E-state index is 0. The van der Waals surface area contributed by atoms with Crippen LogP contribution >= 0.6 is 24.2 Å². The van der Waals surface area contributed by atoms with Gasteiger partial charge in [-0.2, -0.15) is 0 Å². The van der Waals surface area contributed by atoms with Crippen LogP contribution < -0.4 is 16.0 Å². The Morgan fingerprint density at radius 2 is 2.00 bits per heavy atom. The van der Waals surface area contributed by atoms with Gasteiger partial charge in [-0.05, 0) is 49.1 Å². The van der Waals surface area contributed by atoms with Crippen molar-refractivity contribution in [2.45, 2.75) is 75.7 Å². The van der Waals surface area contributed by atoms with Crippen LogP contribution in [-0.4, -0.2) is 78.3 Å². The van der Waals surface area contributed by atoms with E-state index in [2.05, 4.69) is 16.0 Å². The summed E-state index contributed by atoms with van der Waals surface area (Å²) in [6.45, 7) is 5.13. The number of likely N-dealkylation sites (N-methyl/N-ethyl adjacent to an activating group) is 1. The Bertz CT molecular complexity index is 999. The molecule has 4 rings (SSSR count). The van der Waals surface area contributed by atoms with Gasteiger partial charge in [0.05, 0.1) is 30.2 Å². The van der Waals surface area contributed by atoms with Crippen molar-refractivity contribution < 1.29 is 23.5 Å². The van der Waals surface area contributed by atoms with Gasteiger partial charge in [0.2, 0.25) is 17.7 Å². The third-order valence-corrected chi connectivity index (χ3v) is 8.83. The molecule has 6 atom stereocenters. The molecule has 3 aliphatic rings. The molecule has 11 heteroatoms. The standard InChI is InChI=1S/C26H37FN4O4S.ClH/c1-15(28-4)23(32)29-18-9-12-36-20-14-26(2,3)22(31(20)25(18)34)24(33)30-21-17-8-6-5-7-16(17)13-19(21)35-11-10-27;/h5-8,15,18-22,28H,9-14H2,1-4H3,(H,29,32)(H,30,33);1H/t15-,18-,19+,20-,21-,22+;/m0./s1. The van der Waals surface area contributed by atoms with Crippen LogP contribution in [0.5, 0.6) is 0 Å². The molecule has 0 radical (unpaired) electrons. The van der Waals surface area contributed by atoms with Crippen LogP contribution in [-0.2, 0) is 25.5 Å². The molecule has 37 heavy (non-hydrogen) atoms. The number of alkyl halides is 1. The average Bonchev–Trinajstić information content (AvgIpc) is 3.28. The lowest BCUT2D eigenvalue weighted by Gasteiger charge is -2.35. The maximum atomic E-state index is 13.9. The number of rotatable bonds is 8. The Morgan fingerprint density at radius 1 is 1.27 bits per heavy atom. The predicted molar refractivity (Wildman–Crippen MR) is 144 cm³/mol. The Morgan fingerprint density at radius 3 is 2.70 bits per heavy atom. The van der Waals surface area contributed by atoms with Gasteiger partial charge in [-0.25, -0.2) is 4.39 Å². The van der Waals surface area contributed by atoms with Crippen LogP contribution in [0, 0.1) is 5.41 Å². The maximum Gasteiger partial charge on any atom is 0.246 e. The normalized spacial score (nSPS) is 28.9. The Hall–Kier alpha value is -1.88. The number of benzene rings is 1. The van der Waals surface area contributed by atoms with Gasteiger partial charge < -0.3 is 25.6 Å². The molecule has 1 aliphatic carbocycles. The first-order chi connectivity index (χ1) is 17.2. The molecule has 0 aromatic heterocycles. The highest BCUT2D eigenvalue weighted by molar-refractivity contribution is 7.99. The minimum Gasteiger partial charge on any atom is -0.373 e. The van der Waals surface area contributed by atoms with Crippen molar-refractivity contribution in [2.24, 2.45) is 5.41 Å². The maximum absolute atomic E-state index is 13.9. The van der Waals surface area contributed by atoms with Crippen LogP contribution in [0.2, 0.25) is 0 Å². The van der Waals surface area contributed by atoms with Crippen LogP contribution in [0.25, 0.3) is 0 Å². The molecule has 0 unspecified atom stereocenters. The van der Waals surface area contributed by atoms with E-state index >= 15 is 0 Å². The summed E-state index contributed by atoms with van der Waals surface area (Å²) < 4.78 is 18.7. The molecule has 1 aromatic rings. The van der Waals surface area contributed by atoms with Gasteiger partial charge in [0, 0.05) is 6.42 Å². The number of ether oxygens (including phenoxy) is 1. The Kier molecular flexibility index (Phi) is 9.88. The zero-order valence-corrected chi connectivity index (χ0v) is 23.4. The second-order valence-electron chi connectivity index (χ2n) is 10.5. The van der Waals surface area contributed by atoms with Crippen molar-refractivity contribution in [3.63, 3.8) is 0 Å². The first kappa shape index (κ1) is 29.7. The number of hydrogen-bond acceptors (Lipinski definition) is 6. The molecule has 0 saturated carbocycles. The molecule has 8 nitrogen and oxygen atoms in total. The molecular formula is C26H38ClFN4O4S. The molecule has 2 saturated heterocycles. The lowest BCUT2D eigenvalue weighted by Crippen LogP contribution is -2.58. The predicted octanol–water partition coefficient (Wildman–Crippen LogP) is 2.36. The fourth-order valence-electron chi connectivity index (χ4n) is 5.59. The summed E-state index contributed by atoms with van der Waals surface area (Å²) >= 11 is 1.66. The number of nitrogens with one attached hydrogen (secondary N) is 3. The lowest BCUT2D eigenvalue weighted by atomic mass is 9.83. The largest absolute Gasteiger partial charge is 0.373 e. The summed E-state index contributed by atoms with van der Waals surface area (Å²) in [7, 11) is 1.69. The van der Waals surface area contributed by atoms with Crippen molar-refractivity contribution in [2.75, 3.05) is 26.1 Å². The van der Waals surface area contributed by atoms with E-state index in [1.807, 2.05) is 38.1 Å². The van der Waals surface area contributed by atoms with E-state index in [-0.39, 0.29) is 48.2 Å². The SMILES string of the molecule is CN[C@@H](C)C(=O)N[C@H]1CCS[C@H]2CC(C)(C)[C@@H](C(=O)N[C@H]3c4ccccc4C[C@H]3OCCF)N2C1=O.Cl. The van der Waals surface area contributed by atoms with Crippen molar-refractivity contribution in [3.8, 4) is 0 Å². The fourth-order valence-corrected chi connectivity index (χ4v) is 7.17. The molecule has 1 aromatic carbocycles. The summed E-state index contributed by atoms with van der Waals surface area (Å²) in [5.41, 5.74) is 1.57. The summed E-state index contributed by atoms with van der Waals surface area (Å²) in [5, 5.41) is 8.80. The van der Waals surface area contributed by atoms with E-state index in [0.29, 0.717) is 25.0 Å². The van der Waals surface area contributed by atoms with E-state index in [4.69, 9.17) is 4.74 Å². The summed E-state index contributed by atoms with van der Waals surface area (Å²) in [5.74, 6) is 0.00640. The van der Waals surface area contributed by atoms with Gasteiger partial charge in [-0.1, -0.05) is 38.1 Å². The Balaban J connectivity index is 0.00000380. The van der Waals surface area contributed by atoms with Crippen LogP contribution in [0.3, 0.4) is 0 Å². The Labute approximate surface area is 228 Å². The smallest absolute Gasteiger partial charge is 0.246 e. The van der Waals surface area contributed by atoms with Crippen molar-refractivity contribution in [3.05, 3.63) is 35.4 Å². The topological polar surface area (TPSA) is 99.8 Å². The third kappa shape index (κ3) is 6.08. The number of hydrogen-bond donors (Lipinski definition) is 3. The molecule has 0 spiro atoms. The molecule has 3 amide bonds. The van der Waals surface area contributed by atoms with E-state index in [0.717, 1.165) is 11.1 Å². The second-order valence-corrected chi connectivity index (χ2v) is 11.8. The quantitative estimate of drug-likeness (QED) is 0.455. The molecule has 0 bridgehead atoms. The molecular weight excluding hydrogens is 519 g/mol. The van der Waals surface area contributed by atoms with Crippen molar-refractivity contribution >= 4 is 41.9 Å². The minimum atomic E-state index is -0.698. The monoisotopic (exact) mass is 556 g/mol. The highest BCUT2D eigenvalue weighted by Gasteiger charge is 2.55. The van der Waals surface area contributed by atoms with Gasteiger partial charge in [-0.3, -0.25) is 14.4 Å². The molecule has 206 valence electrons. The number of amides is 3. The second kappa shape index (κ2) is 12.3. The van der Waals surface area contributed by atoms with Crippen molar-refractivity contribution in [1.82, 2.24) is 20.9 Å². The highest BCUT2D eigenvalue weighted by Crippen LogP contribution is 2.46. The van der Waals surface area contributed by atoms with E-state index < -0.39 is 36.3 Å². The molecule has 2 fully saturated rings. The van der Waals surface area contributed by atoms with E-state index in [1.54, 1.807) is 30.6 Å². The molecule has 2 aliphatic heterocycles. The molecule has 3 N–H and O–H groups in total. The first-order valence-corrected chi connectivity index (χ1v) is 13.7. The number of fused-ring (bicyclic) bond motifs is 2. The number of halogens is 2. The van der Waals surface area contributed by atoms with Gasteiger partial charge in [-0.15, -0.1) is 24.2 Å². The zero-order valence-electron chi connectivity index (χ0n) is 21.8. The average molecular weight is 557 g/mol. The number of nitrogens with zero attached hydrogens (tertiary/aromatic N) is 1. The van der Waals surface area contributed by atoms with Crippen molar-refractivity contribution in [1.29, 1.82) is 0 Å². The van der Waals surface area contributed by atoms with Crippen LogP contribution in [0.1, 0.15) is 50.8 Å². The summed E-state index contributed by atoms with van der Waals surface area (Å²) in [6.07, 6.45) is 1.42. The van der Waals surface area contributed by atoms with Gasteiger partial charge >= 0.3 is 0 Å². The van der Waals surface area contributed by atoms with E-state index in [9.17, 15) is 18.8 Å². The van der Waals surface area contributed by atoms with E-state index in [1.165, 1.54) is 0 Å². The van der Waals surface area contributed by atoms with Gasteiger partial charge in [0.25, 0.3) is 0 Å². The van der Waals surface area contributed by atoms with Gasteiger partial charge in [0.1, 0.15) is 18.8 Å². The summed E-state index contributed by atoms with van der Waals surface area (Å²) in [6, 6.07) is 5.59.